The molecule has 2 N–H and O–H groups in total. The molecule has 0 spiro atoms. The van der Waals surface area contributed by atoms with Crippen LogP contribution in [0.5, 0.6) is 0 Å². The topological polar surface area (TPSA) is 26.0 Å². The van der Waals surface area contributed by atoms with Gasteiger partial charge in [-0.2, -0.15) is 11.3 Å². The summed E-state index contributed by atoms with van der Waals surface area (Å²) in [7, 11) is 0. The van der Waals surface area contributed by atoms with Crippen LogP contribution in [0.4, 0.5) is 0 Å². The van der Waals surface area contributed by atoms with Crippen LogP contribution >= 0.6 is 27.3 Å². The summed E-state index contributed by atoms with van der Waals surface area (Å²) < 4.78 is 1.19. The first kappa shape index (κ1) is 14.5. The van der Waals surface area contributed by atoms with Crippen LogP contribution in [-0.4, -0.2) is 0 Å². The average molecular weight is 330 g/mol. The highest BCUT2D eigenvalue weighted by molar-refractivity contribution is 9.10. The fraction of sp³-hybridized carbons (Fsp3) is 0.733. The highest BCUT2D eigenvalue weighted by Gasteiger charge is 2.32. The number of hydrogen-bond acceptors (Lipinski definition) is 2. The van der Waals surface area contributed by atoms with Crippen molar-refractivity contribution in [2.75, 3.05) is 0 Å². The van der Waals surface area contributed by atoms with Crippen LogP contribution in [-0.2, 0) is 0 Å². The van der Waals surface area contributed by atoms with E-state index in [-0.39, 0.29) is 6.04 Å². The van der Waals surface area contributed by atoms with Gasteiger partial charge in [-0.15, -0.1) is 0 Å². The first-order chi connectivity index (χ1) is 8.39. The van der Waals surface area contributed by atoms with Gasteiger partial charge in [0.15, 0.2) is 0 Å². The molecule has 18 heavy (non-hydrogen) atoms. The maximum absolute atomic E-state index is 6.45. The Hall–Kier alpha value is 0.140. The van der Waals surface area contributed by atoms with Gasteiger partial charge in [-0.25, -0.2) is 0 Å². The third-order valence-electron chi connectivity index (χ3n) is 4.51. The molecule has 1 aliphatic rings. The van der Waals surface area contributed by atoms with Crippen molar-refractivity contribution >= 4 is 27.3 Å². The zero-order chi connectivity index (χ0) is 13.3. The lowest BCUT2D eigenvalue weighted by Gasteiger charge is -2.38. The van der Waals surface area contributed by atoms with Crippen molar-refractivity contribution < 1.29 is 0 Å². The van der Waals surface area contributed by atoms with E-state index in [0.29, 0.717) is 11.3 Å². The maximum Gasteiger partial charge on any atom is 0.0343 e. The molecule has 1 nitrogen and oxygen atoms in total. The monoisotopic (exact) mass is 329 g/mol. The van der Waals surface area contributed by atoms with Gasteiger partial charge in [0.05, 0.1) is 0 Å². The zero-order valence-corrected chi connectivity index (χ0v) is 14.0. The summed E-state index contributed by atoms with van der Waals surface area (Å²) in [5.74, 6) is 1.53. The van der Waals surface area contributed by atoms with E-state index in [1.807, 2.05) is 0 Å². The lowest BCUT2D eigenvalue weighted by atomic mass is 9.68. The van der Waals surface area contributed by atoms with Gasteiger partial charge < -0.3 is 5.73 Å². The summed E-state index contributed by atoms with van der Waals surface area (Å²) >= 11 is 5.34. The standard InChI is InChI=1S/C15H24BrNS/c1-15(2,3)11-6-4-10(5-7-11)14(17)12-8-18-9-13(12)16/h8-11,14H,4-7,17H2,1-3H3. The van der Waals surface area contributed by atoms with Crippen molar-refractivity contribution in [3.8, 4) is 0 Å². The molecule has 1 aliphatic carbocycles. The number of hydrogen-bond donors (Lipinski definition) is 1. The van der Waals surface area contributed by atoms with E-state index in [9.17, 15) is 0 Å². The number of thiophene rings is 1. The predicted octanol–water partition coefficient (Wildman–Crippen LogP) is 5.36. The predicted molar refractivity (Wildman–Crippen MR) is 83.9 cm³/mol. The normalized spacial score (nSPS) is 27.2. The molecule has 0 bridgehead atoms. The fourth-order valence-corrected chi connectivity index (χ4v) is 4.74. The lowest BCUT2D eigenvalue weighted by molar-refractivity contribution is 0.139. The SMILES string of the molecule is CC(C)(C)C1CCC(C(N)c2cscc2Br)CC1. The van der Waals surface area contributed by atoms with Crippen LogP contribution in [0.2, 0.25) is 0 Å². The van der Waals surface area contributed by atoms with E-state index in [1.165, 1.54) is 35.7 Å². The molecular weight excluding hydrogens is 306 g/mol. The highest BCUT2D eigenvalue weighted by atomic mass is 79.9. The molecule has 1 unspecified atom stereocenters. The first-order valence-corrected chi connectivity index (χ1v) is 8.60. The first-order valence-electron chi connectivity index (χ1n) is 6.86. The third-order valence-corrected chi connectivity index (χ3v) is 6.26. The van der Waals surface area contributed by atoms with Gasteiger partial charge >= 0.3 is 0 Å². The molecule has 102 valence electrons. The summed E-state index contributed by atoms with van der Waals surface area (Å²) in [6.45, 7) is 7.11. The Bertz CT molecular complexity index is 385. The van der Waals surface area contributed by atoms with Crippen molar-refractivity contribution in [3.63, 3.8) is 0 Å². The summed E-state index contributed by atoms with van der Waals surface area (Å²) in [5, 5.41) is 4.33. The lowest BCUT2D eigenvalue weighted by Crippen LogP contribution is -2.30. The van der Waals surface area contributed by atoms with Crippen molar-refractivity contribution in [1.82, 2.24) is 0 Å². The van der Waals surface area contributed by atoms with Crippen LogP contribution in [0.3, 0.4) is 0 Å². The molecule has 3 heteroatoms. The second kappa shape index (κ2) is 5.64. The molecule has 0 aliphatic heterocycles. The highest BCUT2D eigenvalue weighted by Crippen LogP contribution is 2.43. The summed E-state index contributed by atoms with van der Waals surface area (Å²) in [6, 6.07) is 0.214. The molecule has 2 rings (SSSR count). The molecule has 1 atom stereocenters. The van der Waals surface area contributed by atoms with E-state index in [4.69, 9.17) is 5.73 Å². The van der Waals surface area contributed by atoms with Gasteiger partial charge in [-0.05, 0) is 69.8 Å². The largest absolute Gasteiger partial charge is 0.324 e. The van der Waals surface area contributed by atoms with Crippen molar-refractivity contribution in [1.29, 1.82) is 0 Å². The molecule has 1 aromatic heterocycles. The summed E-state index contributed by atoms with van der Waals surface area (Å²) in [4.78, 5) is 0. The Morgan fingerprint density at radius 1 is 1.22 bits per heavy atom. The quantitative estimate of drug-likeness (QED) is 0.776. The third kappa shape index (κ3) is 3.17. The minimum atomic E-state index is 0.214. The molecule has 0 aromatic carbocycles. The minimum absolute atomic E-state index is 0.214. The van der Waals surface area contributed by atoms with Crippen molar-refractivity contribution in [2.45, 2.75) is 52.5 Å². The molecule has 0 saturated heterocycles. The van der Waals surface area contributed by atoms with Gasteiger partial charge in [-0.3, -0.25) is 0 Å². The van der Waals surface area contributed by atoms with Crippen molar-refractivity contribution in [2.24, 2.45) is 23.0 Å². The molecule has 1 fully saturated rings. The van der Waals surface area contributed by atoms with Gasteiger partial charge in [0.2, 0.25) is 0 Å². The van der Waals surface area contributed by atoms with Gasteiger partial charge in [0, 0.05) is 15.9 Å². The van der Waals surface area contributed by atoms with E-state index in [2.05, 4.69) is 47.5 Å². The van der Waals surface area contributed by atoms with Gasteiger partial charge in [-0.1, -0.05) is 20.8 Å². The zero-order valence-electron chi connectivity index (χ0n) is 11.6. The van der Waals surface area contributed by atoms with Crippen LogP contribution < -0.4 is 5.73 Å². The number of rotatable bonds is 2. The second-order valence-electron chi connectivity index (χ2n) is 6.68. The molecule has 0 amide bonds. The Balaban J connectivity index is 1.96. The molecule has 0 radical (unpaired) electrons. The Morgan fingerprint density at radius 3 is 2.28 bits per heavy atom. The van der Waals surface area contributed by atoms with E-state index >= 15 is 0 Å². The summed E-state index contributed by atoms with van der Waals surface area (Å²) in [6.07, 6.45) is 5.24. The van der Waals surface area contributed by atoms with Crippen LogP contribution in [0.15, 0.2) is 15.2 Å². The smallest absolute Gasteiger partial charge is 0.0343 e. The Labute approximate surface area is 123 Å². The fourth-order valence-electron chi connectivity index (χ4n) is 3.13. The average Bonchev–Trinajstić information content (AvgIpc) is 2.73. The van der Waals surface area contributed by atoms with Crippen LogP contribution in [0, 0.1) is 17.3 Å². The van der Waals surface area contributed by atoms with Crippen molar-refractivity contribution in [3.05, 3.63) is 20.8 Å². The van der Waals surface area contributed by atoms with Crippen LogP contribution in [0.25, 0.3) is 0 Å². The Kier molecular flexibility index (Phi) is 4.56. The molecule has 1 saturated carbocycles. The van der Waals surface area contributed by atoms with E-state index in [0.717, 1.165) is 5.92 Å². The molecule has 1 aromatic rings. The molecule has 1 heterocycles. The van der Waals surface area contributed by atoms with E-state index in [1.54, 1.807) is 11.3 Å². The maximum atomic E-state index is 6.45. The Morgan fingerprint density at radius 2 is 1.83 bits per heavy atom. The van der Waals surface area contributed by atoms with Crippen LogP contribution in [0.1, 0.15) is 58.1 Å². The second-order valence-corrected chi connectivity index (χ2v) is 8.28. The minimum Gasteiger partial charge on any atom is -0.324 e. The summed E-state index contributed by atoms with van der Waals surface area (Å²) in [5.41, 5.74) is 8.21. The molecular formula is C15H24BrNS. The number of nitrogens with two attached hydrogens (primary N) is 1. The van der Waals surface area contributed by atoms with Gasteiger partial charge in [0.1, 0.15) is 0 Å². The van der Waals surface area contributed by atoms with E-state index < -0.39 is 0 Å². The van der Waals surface area contributed by atoms with Gasteiger partial charge in [0.25, 0.3) is 0 Å². The number of halogens is 1.